The lowest BCUT2D eigenvalue weighted by molar-refractivity contribution is -0.120. The van der Waals surface area contributed by atoms with Crippen LogP contribution in [-0.4, -0.2) is 37.5 Å². The molecule has 1 aromatic carbocycles. The first kappa shape index (κ1) is 23.5. The summed E-state index contributed by atoms with van der Waals surface area (Å²) in [6.07, 6.45) is 11.5. The van der Waals surface area contributed by atoms with Crippen molar-refractivity contribution in [2.75, 3.05) is 6.54 Å². The Labute approximate surface area is 203 Å². The van der Waals surface area contributed by atoms with Crippen molar-refractivity contribution in [1.82, 2.24) is 25.1 Å². The highest BCUT2D eigenvalue weighted by atomic mass is 35.5. The van der Waals surface area contributed by atoms with Crippen molar-refractivity contribution in [2.45, 2.75) is 56.4 Å². The standard InChI is InChI=1S/C25H28ClN5OS/c1-17-21(26)9-6-10-22(17)31-23(20-12-14-27-15-13-20)29-30-25(31)33-18(2)24(32)28-16-11-19-7-4-3-5-8-19/h6-7,9-10,12-15,18H,3-5,8,11,16H2,1-2H3,(H,28,32)/t18-/m0/s1. The summed E-state index contributed by atoms with van der Waals surface area (Å²) >= 11 is 7.81. The van der Waals surface area contributed by atoms with Crippen molar-refractivity contribution in [3.63, 3.8) is 0 Å². The van der Waals surface area contributed by atoms with Gasteiger partial charge in [0.15, 0.2) is 11.0 Å². The molecule has 0 unspecified atom stereocenters. The van der Waals surface area contributed by atoms with Crippen LogP contribution in [0.2, 0.25) is 5.02 Å². The number of benzene rings is 1. The molecule has 0 bridgehead atoms. The molecule has 6 nitrogen and oxygen atoms in total. The van der Waals surface area contributed by atoms with E-state index in [9.17, 15) is 4.79 Å². The molecule has 1 N–H and O–H groups in total. The Balaban J connectivity index is 1.54. The number of allylic oxidation sites excluding steroid dienone is 1. The minimum Gasteiger partial charge on any atom is -0.355 e. The Bertz CT molecular complexity index is 1140. The first-order chi connectivity index (χ1) is 16.0. The highest BCUT2D eigenvalue weighted by molar-refractivity contribution is 8.00. The second kappa shape index (κ2) is 11.0. The van der Waals surface area contributed by atoms with Gasteiger partial charge in [-0.3, -0.25) is 14.3 Å². The molecule has 172 valence electrons. The fraction of sp³-hybridized carbons (Fsp3) is 0.360. The summed E-state index contributed by atoms with van der Waals surface area (Å²) in [7, 11) is 0. The number of thioether (sulfide) groups is 1. The van der Waals surface area contributed by atoms with Gasteiger partial charge in [-0.05, 0) is 75.8 Å². The van der Waals surface area contributed by atoms with Gasteiger partial charge < -0.3 is 5.32 Å². The Morgan fingerprint density at radius 3 is 2.79 bits per heavy atom. The monoisotopic (exact) mass is 481 g/mol. The summed E-state index contributed by atoms with van der Waals surface area (Å²) < 4.78 is 1.97. The van der Waals surface area contributed by atoms with Gasteiger partial charge in [0.25, 0.3) is 0 Å². The zero-order chi connectivity index (χ0) is 23.2. The molecule has 2 aromatic heterocycles. The number of carbonyl (C=O) groups is 1. The van der Waals surface area contributed by atoms with E-state index in [4.69, 9.17) is 11.6 Å². The van der Waals surface area contributed by atoms with E-state index in [0.717, 1.165) is 36.1 Å². The number of amides is 1. The Hall–Kier alpha value is -2.64. The van der Waals surface area contributed by atoms with Crippen LogP contribution in [0.4, 0.5) is 0 Å². The molecule has 1 atom stereocenters. The molecule has 0 saturated carbocycles. The maximum absolute atomic E-state index is 12.8. The summed E-state index contributed by atoms with van der Waals surface area (Å²) in [5.74, 6) is 0.682. The second-order valence-electron chi connectivity index (χ2n) is 8.17. The Kier molecular flexibility index (Phi) is 7.83. The highest BCUT2D eigenvalue weighted by Gasteiger charge is 2.23. The molecule has 0 fully saturated rings. The van der Waals surface area contributed by atoms with Crippen LogP contribution in [-0.2, 0) is 4.79 Å². The molecule has 0 spiro atoms. The lowest BCUT2D eigenvalue weighted by Gasteiger charge is -2.16. The van der Waals surface area contributed by atoms with Gasteiger partial charge in [-0.1, -0.05) is 41.1 Å². The van der Waals surface area contributed by atoms with Gasteiger partial charge in [0.1, 0.15) is 0 Å². The summed E-state index contributed by atoms with van der Waals surface area (Å²) in [5.41, 5.74) is 4.16. The molecular formula is C25H28ClN5OS. The average Bonchev–Trinajstić information content (AvgIpc) is 3.25. The average molecular weight is 482 g/mol. The van der Waals surface area contributed by atoms with Gasteiger partial charge >= 0.3 is 0 Å². The van der Waals surface area contributed by atoms with Crippen LogP contribution in [0.3, 0.4) is 0 Å². The fourth-order valence-corrected chi connectivity index (χ4v) is 4.98. The summed E-state index contributed by atoms with van der Waals surface area (Å²) in [6.45, 7) is 4.53. The summed E-state index contributed by atoms with van der Waals surface area (Å²) in [6, 6.07) is 9.55. The van der Waals surface area contributed by atoms with Crippen molar-refractivity contribution >= 4 is 29.3 Å². The molecule has 0 aliphatic heterocycles. The largest absolute Gasteiger partial charge is 0.355 e. The molecule has 8 heteroatoms. The third-order valence-corrected chi connectivity index (χ3v) is 7.29. The second-order valence-corrected chi connectivity index (χ2v) is 9.89. The van der Waals surface area contributed by atoms with Crippen LogP contribution in [0.25, 0.3) is 17.1 Å². The number of hydrogen-bond donors (Lipinski definition) is 1. The van der Waals surface area contributed by atoms with Gasteiger partial charge in [0, 0.05) is 29.5 Å². The maximum atomic E-state index is 12.8. The lowest BCUT2D eigenvalue weighted by Crippen LogP contribution is -2.32. The lowest BCUT2D eigenvalue weighted by atomic mass is 9.97. The van der Waals surface area contributed by atoms with Gasteiger partial charge in [0.05, 0.1) is 10.9 Å². The van der Waals surface area contributed by atoms with Gasteiger partial charge in [0.2, 0.25) is 5.91 Å². The Morgan fingerprint density at radius 1 is 1.21 bits per heavy atom. The van der Waals surface area contributed by atoms with Gasteiger partial charge in [-0.25, -0.2) is 0 Å². The van der Waals surface area contributed by atoms with Crippen LogP contribution in [0.1, 0.15) is 44.6 Å². The predicted molar refractivity (Wildman–Crippen MR) is 134 cm³/mol. The smallest absolute Gasteiger partial charge is 0.233 e. The van der Waals surface area contributed by atoms with Gasteiger partial charge in [-0.15, -0.1) is 10.2 Å². The van der Waals surface area contributed by atoms with E-state index in [1.54, 1.807) is 12.4 Å². The van der Waals surface area contributed by atoms with Crippen molar-refractivity contribution in [1.29, 1.82) is 0 Å². The van der Waals surface area contributed by atoms with Crippen LogP contribution in [0.15, 0.2) is 59.5 Å². The summed E-state index contributed by atoms with van der Waals surface area (Å²) in [5, 5.41) is 13.0. The first-order valence-corrected chi connectivity index (χ1v) is 12.5. The highest BCUT2D eigenvalue weighted by Crippen LogP contribution is 2.33. The van der Waals surface area contributed by atoms with Gasteiger partial charge in [-0.2, -0.15) is 0 Å². The minimum absolute atomic E-state index is 0.000707. The topological polar surface area (TPSA) is 72.7 Å². The molecule has 0 saturated heterocycles. The molecule has 2 heterocycles. The van der Waals surface area contributed by atoms with Crippen molar-refractivity contribution in [2.24, 2.45) is 0 Å². The minimum atomic E-state index is -0.321. The van der Waals surface area contributed by atoms with E-state index in [1.165, 1.54) is 30.2 Å². The number of hydrogen-bond acceptors (Lipinski definition) is 5. The van der Waals surface area contributed by atoms with E-state index in [0.29, 0.717) is 22.5 Å². The maximum Gasteiger partial charge on any atom is 0.233 e. The zero-order valence-corrected chi connectivity index (χ0v) is 20.5. The number of aromatic nitrogens is 4. The number of halogens is 1. The van der Waals surface area contributed by atoms with Crippen molar-refractivity contribution < 1.29 is 4.79 Å². The molecule has 4 rings (SSSR count). The normalized spacial score (nSPS) is 14.6. The molecular weight excluding hydrogens is 454 g/mol. The van der Waals surface area contributed by atoms with Crippen molar-refractivity contribution in [3.05, 3.63) is 65.0 Å². The number of pyridine rings is 1. The Morgan fingerprint density at radius 2 is 2.03 bits per heavy atom. The number of nitrogens with zero attached hydrogens (tertiary/aromatic N) is 4. The molecule has 33 heavy (non-hydrogen) atoms. The molecule has 3 aromatic rings. The van der Waals surface area contributed by atoms with E-state index in [2.05, 4.69) is 26.6 Å². The van der Waals surface area contributed by atoms with E-state index >= 15 is 0 Å². The predicted octanol–water partition coefficient (Wildman–Crippen LogP) is 5.78. The molecule has 0 radical (unpaired) electrons. The van der Waals surface area contributed by atoms with Crippen LogP contribution in [0, 0.1) is 6.92 Å². The SMILES string of the molecule is Cc1c(Cl)cccc1-n1c(S[C@@H](C)C(=O)NCCC2=CCCCC2)nnc1-c1ccncc1. The van der Waals surface area contributed by atoms with E-state index < -0.39 is 0 Å². The number of rotatable bonds is 8. The van der Waals surface area contributed by atoms with E-state index in [1.807, 2.05) is 48.7 Å². The zero-order valence-electron chi connectivity index (χ0n) is 18.9. The molecule has 1 amide bonds. The van der Waals surface area contributed by atoms with Crippen LogP contribution >= 0.6 is 23.4 Å². The third kappa shape index (κ3) is 5.65. The molecule has 1 aliphatic rings. The first-order valence-electron chi connectivity index (χ1n) is 11.3. The third-order valence-electron chi connectivity index (χ3n) is 5.83. The number of carbonyl (C=O) groups excluding carboxylic acids is 1. The number of nitrogens with one attached hydrogen (secondary N) is 1. The fourth-order valence-electron chi connectivity index (χ4n) is 3.92. The quantitative estimate of drug-likeness (QED) is 0.326. The summed E-state index contributed by atoms with van der Waals surface area (Å²) in [4.78, 5) is 16.9. The van der Waals surface area contributed by atoms with Crippen molar-refractivity contribution in [3.8, 4) is 17.1 Å². The van der Waals surface area contributed by atoms with Crippen LogP contribution in [0.5, 0.6) is 0 Å². The van der Waals surface area contributed by atoms with E-state index in [-0.39, 0.29) is 11.2 Å². The molecule has 1 aliphatic carbocycles. The van der Waals surface area contributed by atoms with Crippen LogP contribution < -0.4 is 5.32 Å².